The van der Waals surface area contributed by atoms with Crippen molar-refractivity contribution in [3.63, 3.8) is 0 Å². The molecule has 0 amide bonds. The maximum absolute atomic E-state index is 12.4. The van der Waals surface area contributed by atoms with Crippen LogP contribution in [0.3, 0.4) is 0 Å². The second-order valence-corrected chi connectivity index (χ2v) is 6.89. The van der Waals surface area contributed by atoms with Gasteiger partial charge < -0.3 is 14.2 Å². The lowest BCUT2D eigenvalue weighted by Crippen LogP contribution is -2.16. The first-order valence-electron chi connectivity index (χ1n) is 7.78. The Balaban J connectivity index is 2.23. The third-order valence-corrected chi connectivity index (χ3v) is 4.91. The van der Waals surface area contributed by atoms with Crippen molar-refractivity contribution in [3.05, 3.63) is 17.0 Å². The van der Waals surface area contributed by atoms with E-state index in [1.165, 1.54) is 25.6 Å². The molecule has 8 heteroatoms. The molecule has 1 atom stereocenters. The number of methoxy groups -OCH3 is 2. The van der Waals surface area contributed by atoms with Crippen LogP contribution in [-0.4, -0.2) is 43.4 Å². The number of pyridine rings is 1. The number of alkyl halides is 1. The molecule has 0 fully saturated rings. The van der Waals surface area contributed by atoms with E-state index in [1.807, 2.05) is 0 Å². The Morgan fingerprint density at radius 2 is 2.08 bits per heavy atom. The summed E-state index contributed by atoms with van der Waals surface area (Å²) in [4.78, 5) is 28.8. The normalized spacial score (nSPS) is 12.0. The van der Waals surface area contributed by atoms with Crippen LogP contribution in [0.1, 0.15) is 29.4 Å². The number of rotatable bonds is 9. The van der Waals surface area contributed by atoms with E-state index in [0.29, 0.717) is 40.9 Å². The molecular formula is C17H20ClNO5S. The zero-order valence-electron chi connectivity index (χ0n) is 14.3. The topological polar surface area (TPSA) is 74.7 Å². The number of carbonyl (C=O) groups excluding carboxylic acids is 2. The monoisotopic (exact) mass is 385 g/mol. The summed E-state index contributed by atoms with van der Waals surface area (Å²) in [5.74, 6) is 0.382. The maximum atomic E-state index is 12.4. The number of hydrogen-bond acceptors (Lipinski definition) is 7. The summed E-state index contributed by atoms with van der Waals surface area (Å²) in [6.45, 7) is 2.13. The van der Waals surface area contributed by atoms with Crippen LogP contribution in [0, 0.1) is 5.92 Å². The highest BCUT2D eigenvalue weighted by atomic mass is 35.5. The van der Waals surface area contributed by atoms with Crippen LogP contribution in [0.15, 0.2) is 12.1 Å². The van der Waals surface area contributed by atoms with Crippen LogP contribution in [0.4, 0.5) is 0 Å². The number of carbonyl (C=O) groups is 2. The molecular weight excluding hydrogens is 366 g/mol. The summed E-state index contributed by atoms with van der Waals surface area (Å²) in [5, 5.41) is 0. The van der Waals surface area contributed by atoms with Crippen molar-refractivity contribution >= 4 is 44.9 Å². The maximum Gasteiger partial charge on any atom is 0.308 e. The Bertz CT molecular complexity index is 761. The van der Waals surface area contributed by atoms with E-state index >= 15 is 0 Å². The Hall–Kier alpha value is -1.86. The third-order valence-electron chi connectivity index (χ3n) is 3.53. The number of nitrogens with zero attached hydrogens (tertiary/aromatic N) is 1. The zero-order chi connectivity index (χ0) is 18.4. The Morgan fingerprint density at radius 3 is 2.72 bits per heavy atom. The van der Waals surface area contributed by atoms with Gasteiger partial charge in [0.15, 0.2) is 11.5 Å². The molecule has 0 N–H and O–H groups in total. The molecule has 136 valence electrons. The smallest absolute Gasteiger partial charge is 0.308 e. The Labute approximate surface area is 155 Å². The van der Waals surface area contributed by atoms with Gasteiger partial charge in [-0.2, -0.15) is 0 Å². The van der Waals surface area contributed by atoms with Crippen LogP contribution in [-0.2, 0) is 9.53 Å². The minimum absolute atomic E-state index is 0.0930. The van der Waals surface area contributed by atoms with Gasteiger partial charge in [0.05, 0.1) is 41.8 Å². The molecule has 0 saturated heterocycles. The van der Waals surface area contributed by atoms with E-state index in [-0.39, 0.29) is 12.2 Å². The highest BCUT2D eigenvalue weighted by molar-refractivity contribution is 7.20. The van der Waals surface area contributed by atoms with Crippen LogP contribution < -0.4 is 9.47 Å². The Kier molecular flexibility index (Phi) is 7.01. The van der Waals surface area contributed by atoms with Crippen molar-refractivity contribution in [2.45, 2.75) is 19.8 Å². The molecule has 0 bridgehead atoms. The molecule has 2 aromatic rings. The van der Waals surface area contributed by atoms with E-state index in [9.17, 15) is 9.59 Å². The van der Waals surface area contributed by atoms with Crippen molar-refractivity contribution in [2.24, 2.45) is 5.92 Å². The lowest BCUT2D eigenvalue weighted by atomic mass is 10.0. The first-order chi connectivity index (χ1) is 12.0. The third kappa shape index (κ3) is 4.83. The van der Waals surface area contributed by atoms with Crippen molar-refractivity contribution in [2.75, 3.05) is 26.7 Å². The zero-order valence-corrected chi connectivity index (χ0v) is 15.9. The molecule has 0 radical (unpaired) electrons. The lowest BCUT2D eigenvalue weighted by Gasteiger charge is -2.08. The molecule has 0 aliphatic rings. The van der Waals surface area contributed by atoms with Gasteiger partial charge in [0.2, 0.25) is 0 Å². The van der Waals surface area contributed by atoms with Gasteiger partial charge in [0.1, 0.15) is 0 Å². The van der Waals surface area contributed by atoms with Crippen molar-refractivity contribution in [3.8, 4) is 11.6 Å². The summed E-state index contributed by atoms with van der Waals surface area (Å²) in [6, 6.07) is 3.51. The molecule has 0 saturated carbocycles. The number of ketones is 1. The largest absolute Gasteiger partial charge is 0.488 e. The Morgan fingerprint density at radius 1 is 1.32 bits per heavy atom. The quantitative estimate of drug-likeness (QED) is 0.283. The number of Topliss-reactive ketones (excluding diaryl/α,β-unsaturated/α-hetero) is 1. The van der Waals surface area contributed by atoms with Gasteiger partial charge in [-0.25, -0.2) is 4.98 Å². The summed E-state index contributed by atoms with van der Waals surface area (Å²) in [7, 11) is 2.82. The highest BCUT2D eigenvalue weighted by Gasteiger charge is 2.21. The predicted octanol–water partition coefficient (Wildman–Crippen LogP) is 3.69. The van der Waals surface area contributed by atoms with Crippen molar-refractivity contribution in [1.29, 1.82) is 0 Å². The molecule has 0 spiro atoms. The molecule has 2 rings (SSSR count). The van der Waals surface area contributed by atoms with Gasteiger partial charge in [0, 0.05) is 18.4 Å². The van der Waals surface area contributed by atoms with Crippen LogP contribution in [0.5, 0.6) is 11.6 Å². The summed E-state index contributed by atoms with van der Waals surface area (Å²) in [5.41, 5.74) is 0.653. The average Bonchev–Trinajstić information content (AvgIpc) is 3.03. The lowest BCUT2D eigenvalue weighted by molar-refractivity contribution is -0.144. The van der Waals surface area contributed by atoms with Gasteiger partial charge in [-0.05, 0) is 12.5 Å². The number of esters is 1. The van der Waals surface area contributed by atoms with Gasteiger partial charge in [0.25, 0.3) is 5.88 Å². The molecule has 6 nitrogen and oxygen atoms in total. The number of thiophene rings is 1. The number of fused-ring (bicyclic) bond motifs is 1. The fraction of sp³-hybridized carbons (Fsp3) is 0.471. The standard InChI is InChI=1S/C17H20ClNO5S/c1-10(17(21)23-3)7-12(20)15-8-11-14(25-15)9-13(16(19-11)22-2)24-6-4-5-18/h8-10H,4-7H2,1-3H3/t10-/m0/s1. The first kappa shape index (κ1) is 19.5. The highest BCUT2D eigenvalue weighted by Crippen LogP contribution is 2.34. The van der Waals surface area contributed by atoms with Gasteiger partial charge in [-0.15, -0.1) is 22.9 Å². The fourth-order valence-electron chi connectivity index (χ4n) is 2.22. The van der Waals surface area contributed by atoms with Gasteiger partial charge in [-0.3, -0.25) is 9.59 Å². The molecule has 0 aliphatic heterocycles. The van der Waals surface area contributed by atoms with Gasteiger partial charge >= 0.3 is 5.97 Å². The molecule has 2 heterocycles. The second kappa shape index (κ2) is 9.01. The second-order valence-electron chi connectivity index (χ2n) is 5.43. The number of halogens is 1. The fourth-order valence-corrected chi connectivity index (χ4v) is 3.31. The van der Waals surface area contributed by atoms with E-state index in [4.69, 9.17) is 21.1 Å². The van der Waals surface area contributed by atoms with E-state index in [2.05, 4.69) is 9.72 Å². The molecule has 0 aliphatic carbocycles. The minimum atomic E-state index is -0.486. The molecule has 2 aromatic heterocycles. The summed E-state index contributed by atoms with van der Waals surface area (Å²) < 4.78 is 16.4. The SMILES string of the molecule is COC(=O)[C@@H](C)CC(=O)c1cc2nc(OC)c(OCCCCl)cc2s1. The first-order valence-corrected chi connectivity index (χ1v) is 9.13. The van der Waals surface area contributed by atoms with Gasteiger partial charge in [-0.1, -0.05) is 6.92 Å². The van der Waals surface area contributed by atoms with Crippen LogP contribution in [0.25, 0.3) is 10.2 Å². The summed E-state index contributed by atoms with van der Waals surface area (Å²) in [6.07, 6.45) is 0.804. The predicted molar refractivity (Wildman–Crippen MR) is 97.1 cm³/mol. The van der Waals surface area contributed by atoms with E-state index in [1.54, 1.807) is 19.1 Å². The number of aromatic nitrogens is 1. The van der Waals surface area contributed by atoms with Crippen molar-refractivity contribution in [1.82, 2.24) is 4.98 Å². The average molecular weight is 386 g/mol. The van der Waals surface area contributed by atoms with E-state index in [0.717, 1.165) is 4.70 Å². The van der Waals surface area contributed by atoms with Crippen LogP contribution >= 0.6 is 22.9 Å². The minimum Gasteiger partial charge on any atom is -0.488 e. The summed E-state index contributed by atoms with van der Waals surface area (Å²) >= 11 is 6.97. The molecule has 0 aromatic carbocycles. The van der Waals surface area contributed by atoms with Crippen molar-refractivity contribution < 1.29 is 23.8 Å². The molecule has 0 unspecified atom stereocenters. The number of hydrogen-bond donors (Lipinski definition) is 0. The molecule has 25 heavy (non-hydrogen) atoms. The van der Waals surface area contributed by atoms with Crippen LogP contribution in [0.2, 0.25) is 0 Å². The number of ether oxygens (including phenoxy) is 3. The van der Waals surface area contributed by atoms with E-state index < -0.39 is 11.9 Å².